The van der Waals surface area contributed by atoms with Crippen LogP contribution in [0.15, 0.2) is 28.7 Å². The van der Waals surface area contributed by atoms with Crippen molar-refractivity contribution >= 4 is 27.5 Å². The summed E-state index contributed by atoms with van der Waals surface area (Å²) in [7, 11) is 0. The summed E-state index contributed by atoms with van der Waals surface area (Å²) < 4.78 is 6.64. The summed E-state index contributed by atoms with van der Waals surface area (Å²) in [6.45, 7) is 4.58. The first kappa shape index (κ1) is 14.8. The molecule has 1 atom stereocenters. The molecule has 0 saturated carbocycles. The zero-order chi connectivity index (χ0) is 12.5. The van der Waals surface area contributed by atoms with Crippen molar-refractivity contribution in [3.8, 4) is 5.75 Å². The van der Waals surface area contributed by atoms with Gasteiger partial charge in [-0.15, -0.1) is 11.6 Å². The van der Waals surface area contributed by atoms with Gasteiger partial charge >= 0.3 is 0 Å². The van der Waals surface area contributed by atoms with Gasteiger partial charge in [-0.05, 0) is 44.5 Å². The van der Waals surface area contributed by atoms with E-state index in [0.717, 1.165) is 36.2 Å². The van der Waals surface area contributed by atoms with Gasteiger partial charge in [-0.3, -0.25) is 0 Å². The van der Waals surface area contributed by atoms with Crippen LogP contribution in [0.1, 0.15) is 19.8 Å². The van der Waals surface area contributed by atoms with E-state index in [-0.39, 0.29) is 5.38 Å². The van der Waals surface area contributed by atoms with E-state index >= 15 is 0 Å². The number of nitrogens with one attached hydrogen (secondary N) is 1. The zero-order valence-electron chi connectivity index (χ0n) is 10.1. The number of halogens is 2. The van der Waals surface area contributed by atoms with Gasteiger partial charge in [-0.2, -0.15) is 0 Å². The molecule has 0 spiro atoms. The van der Waals surface area contributed by atoms with Gasteiger partial charge in [0.25, 0.3) is 0 Å². The molecule has 0 aliphatic heterocycles. The van der Waals surface area contributed by atoms with Gasteiger partial charge in [0, 0.05) is 16.4 Å². The fourth-order valence-electron chi connectivity index (χ4n) is 1.43. The van der Waals surface area contributed by atoms with Crippen molar-refractivity contribution in [2.75, 3.05) is 19.7 Å². The lowest BCUT2D eigenvalue weighted by atomic mass is 10.2. The van der Waals surface area contributed by atoms with Gasteiger partial charge in [0.15, 0.2) is 0 Å². The Morgan fingerprint density at radius 3 is 2.94 bits per heavy atom. The molecule has 0 fully saturated rings. The average Bonchev–Trinajstić information content (AvgIpc) is 2.27. The van der Waals surface area contributed by atoms with E-state index in [0.29, 0.717) is 6.61 Å². The quantitative estimate of drug-likeness (QED) is 0.581. The molecule has 0 aromatic heterocycles. The Balaban J connectivity index is 2.01. The largest absolute Gasteiger partial charge is 0.492 e. The van der Waals surface area contributed by atoms with Crippen LogP contribution in [-0.2, 0) is 0 Å². The molecular formula is C13H19BrClNO. The molecule has 4 heteroatoms. The van der Waals surface area contributed by atoms with Crippen LogP contribution in [0.5, 0.6) is 5.75 Å². The van der Waals surface area contributed by atoms with Crippen LogP contribution >= 0.6 is 27.5 Å². The van der Waals surface area contributed by atoms with E-state index in [2.05, 4.69) is 21.2 Å². The van der Waals surface area contributed by atoms with Crippen LogP contribution in [-0.4, -0.2) is 25.1 Å². The molecule has 1 N–H and O–H groups in total. The van der Waals surface area contributed by atoms with Crippen LogP contribution in [0.4, 0.5) is 0 Å². The summed E-state index contributed by atoms with van der Waals surface area (Å²) >= 11 is 9.27. The minimum Gasteiger partial charge on any atom is -0.492 e. The van der Waals surface area contributed by atoms with E-state index in [1.54, 1.807) is 0 Å². The lowest BCUT2D eigenvalue weighted by Gasteiger charge is -2.08. The van der Waals surface area contributed by atoms with Gasteiger partial charge in [0.1, 0.15) is 12.4 Å². The first-order chi connectivity index (χ1) is 8.18. The van der Waals surface area contributed by atoms with Crippen LogP contribution < -0.4 is 10.1 Å². The van der Waals surface area contributed by atoms with E-state index in [1.165, 1.54) is 0 Å². The third-order valence-corrected chi connectivity index (χ3v) is 3.01. The molecular weight excluding hydrogens is 302 g/mol. The molecule has 0 aliphatic carbocycles. The molecule has 0 radical (unpaired) electrons. The third-order valence-electron chi connectivity index (χ3n) is 2.30. The lowest BCUT2D eigenvalue weighted by Crippen LogP contribution is -2.22. The molecule has 1 aromatic carbocycles. The summed E-state index contributed by atoms with van der Waals surface area (Å²) in [6, 6.07) is 7.88. The standard InChI is InChI=1S/C13H19BrClNO/c1-11(15)4-3-7-16-8-9-17-13-6-2-5-12(14)10-13/h2,5-6,10-11,16H,3-4,7-9H2,1H3. The summed E-state index contributed by atoms with van der Waals surface area (Å²) in [5, 5.41) is 3.60. The van der Waals surface area contributed by atoms with Gasteiger partial charge in [0.05, 0.1) is 0 Å². The van der Waals surface area contributed by atoms with Gasteiger partial charge in [0.2, 0.25) is 0 Å². The minimum absolute atomic E-state index is 0.273. The third kappa shape index (κ3) is 7.63. The SMILES string of the molecule is CC(Cl)CCCNCCOc1cccc(Br)c1. The fourth-order valence-corrected chi connectivity index (χ4v) is 1.96. The van der Waals surface area contributed by atoms with Crippen molar-refractivity contribution in [3.63, 3.8) is 0 Å². The van der Waals surface area contributed by atoms with Crippen molar-refractivity contribution in [3.05, 3.63) is 28.7 Å². The van der Waals surface area contributed by atoms with E-state index in [1.807, 2.05) is 31.2 Å². The maximum Gasteiger partial charge on any atom is 0.120 e. The second-order valence-electron chi connectivity index (χ2n) is 3.98. The first-order valence-electron chi connectivity index (χ1n) is 5.91. The number of benzene rings is 1. The molecule has 1 aromatic rings. The maximum absolute atomic E-state index is 5.86. The van der Waals surface area contributed by atoms with Crippen LogP contribution in [0.3, 0.4) is 0 Å². The molecule has 0 aliphatic rings. The molecule has 0 amide bonds. The Labute approximate surface area is 117 Å². The van der Waals surface area contributed by atoms with E-state index in [4.69, 9.17) is 16.3 Å². The second kappa shape index (κ2) is 8.78. The van der Waals surface area contributed by atoms with Crippen LogP contribution in [0, 0.1) is 0 Å². The van der Waals surface area contributed by atoms with Gasteiger partial charge < -0.3 is 10.1 Å². The smallest absolute Gasteiger partial charge is 0.120 e. The highest BCUT2D eigenvalue weighted by Crippen LogP contribution is 2.17. The van der Waals surface area contributed by atoms with Crippen molar-refractivity contribution < 1.29 is 4.74 Å². The summed E-state index contributed by atoms with van der Waals surface area (Å²) in [6.07, 6.45) is 2.17. The summed E-state index contributed by atoms with van der Waals surface area (Å²) in [5.74, 6) is 0.899. The molecule has 1 unspecified atom stereocenters. The fraction of sp³-hybridized carbons (Fsp3) is 0.538. The topological polar surface area (TPSA) is 21.3 Å². The Morgan fingerprint density at radius 2 is 2.24 bits per heavy atom. The van der Waals surface area contributed by atoms with Crippen LogP contribution in [0.2, 0.25) is 0 Å². The minimum atomic E-state index is 0.273. The molecule has 0 bridgehead atoms. The maximum atomic E-state index is 5.86. The highest BCUT2D eigenvalue weighted by Gasteiger charge is 1.96. The Hall–Kier alpha value is -0.250. The molecule has 1 rings (SSSR count). The Kier molecular flexibility index (Phi) is 7.65. The average molecular weight is 321 g/mol. The predicted molar refractivity (Wildman–Crippen MR) is 77.1 cm³/mol. The second-order valence-corrected chi connectivity index (χ2v) is 5.64. The first-order valence-corrected chi connectivity index (χ1v) is 7.14. The van der Waals surface area contributed by atoms with Gasteiger partial charge in [-0.25, -0.2) is 0 Å². The summed E-state index contributed by atoms with van der Waals surface area (Å²) in [5.41, 5.74) is 0. The van der Waals surface area contributed by atoms with E-state index < -0.39 is 0 Å². The highest BCUT2D eigenvalue weighted by molar-refractivity contribution is 9.10. The van der Waals surface area contributed by atoms with Crippen molar-refractivity contribution in [2.24, 2.45) is 0 Å². The number of hydrogen-bond acceptors (Lipinski definition) is 2. The monoisotopic (exact) mass is 319 g/mol. The van der Waals surface area contributed by atoms with Gasteiger partial charge in [-0.1, -0.05) is 22.0 Å². The Bertz CT molecular complexity index is 320. The molecule has 0 saturated heterocycles. The lowest BCUT2D eigenvalue weighted by molar-refractivity contribution is 0.313. The van der Waals surface area contributed by atoms with Crippen molar-refractivity contribution in [1.82, 2.24) is 5.32 Å². The molecule has 0 heterocycles. The molecule has 96 valence electrons. The molecule has 17 heavy (non-hydrogen) atoms. The number of hydrogen-bond donors (Lipinski definition) is 1. The van der Waals surface area contributed by atoms with Crippen molar-refractivity contribution in [1.29, 1.82) is 0 Å². The summed E-state index contributed by atoms with van der Waals surface area (Å²) in [4.78, 5) is 0. The van der Waals surface area contributed by atoms with Crippen LogP contribution in [0.25, 0.3) is 0 Å². The number of alkyl halides is 1. The highest BCUT2D eigenvalue weighted by atomic mass is 79.9. The normalized spacial score (nSPS) is 12.4. The number of ether oxygens (including phenoxy) is 1. The number of rotatable bonds is 8. The van der Waals surface area contributed by atoms with Crippen molar-refractivity contribution in [2.45, 2.75) is 25.1 Å². The molecule has 2 nitrogen and oxygen atoms in total. The zero-order valence-corrected chi connectivity index (χ0v) is 12.4. The predicted octanol–water partition coefficient (Wildman–Crippen LogP) is 3.83. The van der Waals surface area contributed by atoms with E-state index in [9.17, 15) is 0 Å². The Morgan fingerprint density at radius 1 is 1.41 bits per heavy atom.